The minimum Gasteiger partial charge on any atom is -0.334 e. The van der Waals surface area contributed by atoms with Crippen molar-refractivity contribution < 1.29 is 12.9 Å². The molecule has 4 rings (SSSR count). The van der Waals surface area contributed by atoms with Crippen LogP contribution in [0.25, 0.3) is 11.5 Å². The van der Waals surface area contributed by atoms with Crippen molar-refractivity contribution in [2.45, 2.75) is 12.6 Å². The molecule has 1 N–H and O–H groups in total. The standard InChI is InChI=1S/C18H25N5O3S/c1-22-6-5-19-12-16(22)17-20-18(26-21-17)15-4-2-3-14(11-15)13-23-7-9-27(24,25)10-8-23/h2-4,11,16,19H,5-10,12-13H2,1H3. The average Bonchev–Trinajstić information content (AvgIpc) is 3.14. The van der Waals surface area contributed by atoms with Gasteiger partial charge >= 0.3 is 0 Å². The van der Waals surface area contributed by atoms with Crippen molar-refractivity contribution in [1.82, 2.24) is 25.3 Å². The highest BCUT2D eigenvalue weighted by atomic mass is 32.2. The molecule has 0 aliphatic carbocycles. The van der Waals surface area contributed by atoms with Crippen LogP contribution >= 0.6 is 0 Å². The van der Waals surface area contributed by atoms with Gasteiger partial charge in [-0.1, -0.05) is 17.3 Å². The van der Waals surface area contributed by atoms with Crippen molar-refractivity contribution >= 4 is 9.84 Å². The maximum atomic E-state index is 11.6. The number of likely N-dealkylation sites (N-methyl/N-ethyl adjacent to an activating group) is 1. The van der Waals surface area contributed by atoms with Gasteiger partial charge in [-0.2, -0.15) is 4.98 Å². The lowest BCUT2D eigenvalue weighted by atomic mass is 10.1. The van der Waals surface area contributed by atoms with Gasteiger partial charge < -0.3 is 9.84 Å². The van der Waals surface area contributed by atoms with E-state index in [1.54, 1.807) is 0 Å². The molecule has 0 bridgehead atoms. The van der Waals surface area contributed by atoms with E-state index in [0.29, 0.717) is 24.8 Å². The number of piperazine rings is 1. The molecular formula is C18H25N5O3S. The first-order chi connectivity index (χ1) is 13.0. The molecule has 2 aliphatic heterocycles. The van der Waals surface area contributed by atoms with Crippen LogP contribution in [0.5, 0.6) is 0 Å². The van der Waals surface area contributed by atoms with Gasteiger partial charge in [0.05, 0.1) is 17.5 Å². The lowest BCUT2D eigenvalue weighted by molar-refractivity contribution is 0.190. The Labute approximate surface area is 159 Å². The highest BCUT2D eigenvalue weighted by Crippen LogP contribution is 2.24. The Hall–Kier alpha value is -1.81. The smallest absolute Gasteiger partial charge is 0.257 e. The maximum Gasteiger partial charge on any atom is 0.257 e. The van der Waals surface area contributed by atoms with Gasteiger partial charge in [-0.05, 0) is 24.7 Å². The van der Waals surface area contributed by atoms with Crippen molar-refractivity contribution in [1.29, 1.82) is 0 Å². The number of hydrogen-bond donors (Lipinski definition) is 1. The summed E-state index contributed by atoms with van der Waals surface area (Å²) in [6.07, 6.45) is 0. The molecule has 0 spiro atoms. The molecule has 2 aromatic rings. The van der Waals surface area contributed by atoms with Gasteiger partial charge in [-0.25, -0.2) is 8.42 Å². The zero-order chi connectivity index (χ0) is 18.9. The van der Waals surface area contributed by atoms with E-state index in [0.717, 1.165) is 37.3 Å². The molecule has 1 atom stereocenters. The summed E-state index contributed by atoms with van der Waals surface area (Å²) in [7, 11) is -0.785. The normalized spacial score (nSPS) is 24.1. The molecule has 1 unspecified atom stereocenters. The van der Waals surface area contributed by atoms with Gasteiger partial charge in [0.1, 0.15) is 0 Å². The van der Waals surface area contributed by atoms with E-state index < -0.39 is 9.84 Å². The molecule has 0 saturated carbocycles. The van der Waals surface area contributed by atoms with E-state index in [1.165, 1.54) is 0 Å². The van der Waals surface area contributed by atoms with Gasteiger partial charge in [0.15, 0.2) is 15.7 Å². The second kappa shape index (κ2) is 7.67. The molecular weight excluding hydrogens is 366 g/mol. The summed E-state index contributed by atoms with van der Waals surface area (Å²) in [5, 5.41) is 7.54. The van der Waals surface area contributed by atoms with Crippen molar-refractivity contribution in [2.24, 2.45) is 0 Å². The molecule has 2 saturated heterocycles. The van der Waals surface area contributed by atoms with Crippen molar-refractivity contribution in [2.75, 3.05) is 51.3 Å². The van der Waals surface area contributed by atoms with Gasteiger partial charge in [0, 0.05) is 44.8 Å². The Kier molecular flexibility index (Phi) is 5.27. The number of benzene rings is 1. The van der Waals surface area contributed by atoms with Crippen LogP contribution in [-0.4, -0.2) is 79.6 Å². The van der Waals surface area contributed by atoms with Crippen LogP contribution in [0.2, 0.25) is 0 Å². The van der Waals surface area contributed by atoms with Gasteiger partial charge in [0.25, 0.3) is 5.89 Å². The van der Waals surface area contributed by atoms with Gasteiger partial charge in [-0.15, -0.1) is 0 Å². The zero-order valence-electron chi connectivity index (χ0n) is 15.5. The Morgan fingerprint density at radius 3 is 2.85 bits per heavy atom. The quantitative estimate of drug-likeness (QED) is 0.808. The fraction of sp³-hybridized carbons (Fsp3) is 0.556. The largest absolute Gasteiger partial charge is 0.334 e. The summed E-state index contributed by atoms with van der Waals surface area (Å²) in [4.78, 5) is 9.01. The maximum absolute atomic E-state index is 11.6. The fourth-order valence-corrected chi connectivity index (χ4v) is 4.83. The van der Waals surface area contributed by atoms with Gasteiger partial charge in [-0.3, -0.25) is 9.80 Å². The van der Waals surface area contributed by atoms with E-state index in [1.807, 2.05) is 24.3 Å². The Morgan fingerprint density at radius 2 is 2.07 bits per heavy atom. The fourth-order valence-electron chi connectivity index (χ4n) is 3.55. The first-order valence-corrected chi connectivity index (χ1v) is 11.1. The molecule has 9 heteroatoms. The zero-order valence-corrected chi connectivity index (χ0v) is 16.3. The lowest BCUT2D eigenvalue weighted by Crippen LogP contribution is -2.44. The Bertz CT molecular complexity index is 884. The molecule has 0 amide bonds. The summed E-state index contributed by atoms with van der Waals surface area (Å²) in [6.45, 7) is 4.62. The summed E-state index contributed by atoms with van der Waals surface area (Å²) in [5.41, 5.74) is 2.00. The highest BCUT2D eigenvalue weighted by Gasteiger charge is 2.26. The van der Waals surface area contributed by atoms with E-state index in [-0.39, 0.29) is 17.5 Å². The molecule has 1 aromatic carbocycles. The molecule has 2 aliphatic rings. The van der Waals surface area contributed by atoms with Gasteiger partial charge in [0.2, 0.25) is 0 Å². The second-order valence-corrected chi connectivity index (χ2v) is 9.59. The molecule has 3 heterocycles. The van der Waals surface area contributed by atoms with Crippen LogP contribution in [0, 0.1) is 0 Å². The van der Waals surface area contributed by atoms with Crippen LogP contribution in [-0.2, 0) is 16.4 Å². The third-order valence-electron chi connectivity index (χ3n) is 5.27. The third-order valence-corrected chi connectivity index (χ3v) is 6.88. The summed E-state index contributed by atoms with van der Waals surface area (Å²) in [5.74, 6) is 1.70. The number of aromatic nitrogens is 2. The van der Waals surface area contributed by atoms with Crippen molar-refractivity contribution in [3.63, 3.8) is 0 Å². The Balaban J connectivity index is 1.46. The van der Waals surface area contributed by atoms with E-state index in [4.69, 9.17) is 4.52 Å². The van der Waals surface area contributed by atoms with Crippen LogP contribution in [0.15, 0.2) is 28.8 Å². The Morgan fingerprint density at radius 1 is 1.26 bits per heavy atom. The number of nitrogens with zero attached hydrogens (tertiary/aromatic N) is 4. The minimum atomic E-state index is -2.86. The van der Waals surface area contributed by atoms with Crippen LogP contribution in [0.3, 0.4) is 0 Å². The van der Waals surface area contributed by atoms with E-state index >= 15 is 0 Å². The van der Waals surface area contributed by atoms with E-state index in [2.05, 4.69) is 32.3 Å². The average molecular weight is 391 g/mol. The lowest BCUT2D eigenvalue weighted by Gasteiger charge is -2.30. The molecule has 8 nitrogen and oxygen atoms in total. The predicted molar refractivity (Wildman–Crippen MR) is 102 cm³/mol. The second-order valence-electron chi connectivity index (χ2n) is 7.29. The van der Waals surface area contributed by atoms with Crippen LogP contribution < -0.4 is 5.32 Å². The highest BCUT2D eigenvalue weighted by molar-refractivity contribution is 7.91. The SMILES string of the molecule is CN1CCNCC1c1noc(-c2cccc(CN3CCS(=O)(=O)CC3)c2)n1. The third kappa shape index (κ3) is 4.37. The van der Waals surface area contributed by atoms with E-state index in [9.17, 15) is 8.42 Å². The monoisotopic (exact) mass is 391 g/mol. The first-order valence-electron chi connectivity index (χ1n) is 9.27. The molecule has 0 radical (unpaired) electrons. The minimum absolute atomic E-state index is 0.120. The molecule has 2 fully saturated rings. The molecule has 146 valence electrons. The van der Waals surface area contributed by atoms with Crippen molar-refractivity contribution in [3.05, 3.63) is 35.7 Å². The topological polar surface area (TPSA) is 91.6 Å². The first kappa shape index (κ1) is 18.5. The predicted octanol–water partition coefficient (Wildman–Crippen LogP) is 0.543. The number of rotatable bonds is 4. The summed E-state index contributed by atoms with van der Waals surface area (Å²) >= 11 is 0. The number of nitrogens with one attached hydrogen (secondary N) is 1. The van der Waals surface area contributed by atoms with Crippen molar-refractivity contribution in [3.8, 4) is 11.5 Å². The molecule has 27 heavy (non-hydrogen) atoms. The summed E-state index contributed by atoms with van der Waals surface area (Å²) < 4.78 is 28.7. The summed E-state index contributed by atoms with van der Waals surface area (Å²) in [6, 6.07) is 8.15. The molecule has 1 aromatic heterocycles. The van der Waals surface area contributed by atoms with Crippen LogP contribution in [0.1, 0.15) is 17.4 Å². The van der Waals surface area contributed by atoms with Crippen LogP contribution in [0.4, 0.5) is 0 Å². The number of hydrogen-bond acceptors (Lipinski definition) is 8. The number of sulfone groups is 1.